The molecule has 0 aliphatic carbocycles. The monoisotopic (exact) mass is 269 g/mol. The second kappa shape index (κ2) is 4.20. The molecule has 1 aromatic rings. The summed E-state index contributed by atoms with van der Waals surface area (Å²) < 4.78 is 4.96. The SMILES string of the molecule is CC(=O)c1ncc(N2C(=O)OCC2(C)C)nc1Cl. The Morgan fingerprint density at radius 2 is 2.22 bits per heavy atom. The number of hydrogen-bond acceptors (Lipinski definition) is 5. The van der Waals surface area contributed by atoms with Crippen LogP contribution in [0.2, 0.25) is 5.15 Å². The number of rotatable bonds is 2. The smallest absolute Gasteiger partial charge is 0.416 e. The van der Waals surface area contributed by atoms with Gasteiger partial charge in [0.2, 0.25) is 0 Å². The first-order valence-electron chi connectivity index (χ1n) is 5.33. The summed E-state index contributed by atoms with van der Waals surface area (Å²) in [5.41, 5.74) is -0.432. The van der Waals surface area contributed by atoms with Crippen LogP contribution in [0.1, 0.15) is 31.3 Å². The maximum atomic E-state index is 11.6. The van der Waals surface area contributed by atoms with Gasteiger partial charge in [0.25, 0.3) is 0 Å². The number of aromatic nitrogens is 2. The summed E-state index contributed by atoms with van der Waals surface area (Å²) in [7, 11) is 0. The van der Waals surface area contributed by atoms with Crippen molar-refractivity contribution >= 4 is 29.3 Å². The summed E-state index contributed by atoms with van der Waals surface area (Å²) in [6.07, 6.45) is 0.845. The first kappa shape index (κ1) is 12.8. The normalized spacial score (nSPS) is 17.8. The van der Waals surface area contributed by atoms with Gasteiger partial charge >= 0.3 is 6.09 Å². The van der Waals surface area contributed by atoms with Crippen molar-refractivity contribution in [1.82, 2.24) is 9.97 Å². The second-order valence-electron chi connectivity index (χ2n) is 4.63. The largest absolute Gasteiger partial charge is 0.447 e. The average Bonchev–Trinajstić information content (AvgIpc) is 2.52. The van der Waals surface area contributed by atoms with E-state index in [4.69, 9.17) is 16.3 Å². The Balaban J connectivity index is 2.43. The number of anilines is 1. The quantitative estimate of drug-likeness (QED) is 0.769. The number of carbonyl (C=O) groups excluding carboxylic acids is 2. The lowest BCUT2D eigenvalue weighted by molar-refractivity contribution is 0.101. The van der Waals surface area contributed by atoms with Crippen LogP contribution in [-0.2, 0) is 4.74 Å². The molecule has 6 nitrogen and oxygen atoms in total. The highest BCUT2D eigenvalue weighted by Crippen LogP contribution is 2.29. The van der Waals surface area contributed by atoms with Gasteiger partial charge in [0.15, 0.2) is 16.8 Å². The van der Waals surface area contributed by atoms with E-state index in [0.717, 1.165) is 0 Å². The third kappa shape index (κ3) is 2.03. The van der Waals surface area contributed by atoms with E-state index in [1.165, 1.54) is 18.0 Å². The Labute approximate surface area is 109 Å². The van der Waals surface area contributed by atoms with Crippen LogP contribution in [0, 0.1) is 0 Å². The third-order valence-electron chi connectivity index (χ3n) is 2.62. The van der Waals surface area contributed by atoms with Gasteiger partial charge in [0.1, 0.15) is 12.3 Å². The van der Waals surface area contributed by atoms with E-state index in [1.807, 2.05) is 13.8 Å². The summed E-state index contributed by atoms with van der Waals surface area (Å²) in [5, 5.41) is -0.0181. The fourth-order valence-corrected chi connectivity index (χ4v) is 1.99. The molecule has 0 N–H and O–H groups in total. The minimum Gasteiger partial charge on any atom is -0.447 e. The predicted molar refractivity (Wildman–Crippen MR) is 65.0 cm³/mol. The van der Waals surface area contributed by atoms with Crippen molar-refractivity contribution in [2.24, 2.45) is 0 Å². The van der Waals surface area contributed by atoms with Gasteiger partial charge in [-0.05, 0) is 13.8 Å². The zero-order chi connectivity index (χ0) is 13.5. The summed E-state index contributed by atoms with van der Waals surface area (Å²) in [6, 6.07) is 0. The van der Waals surface area contributed by atoms with Gasteiger partial charge in [-0.15, -0.1) is 0 Å². The Hall–Kier alpha value is -1.69. The summed E-state index contributed by atoms with van der Waals surface area (Å²) >= 11 is 5.87. The lowest BCUT2D eigenvalue weighted by atomic mass is 10.1. The maximum absolute atomic E-state index is 11.6. The minimum absolute atomic E-state index is 0.0181. The first-order chi connectivity index (χ1) is 8.33. The molecule has 0 bridgehead atoms. The molecule has 18 heavy (non-hydrogen) atoms. The topological polar surface area (TPSA) is 72.4 Å². The molecule has 0 aromatic carbocycles. The fourth-order valence-electron chi connectivity index (χ4n) is 1.72. The average molecular weight is 270 g/mol. The number of amides is 1. The Bertz CT molecular complexity index is 530. The van der Waals surface area contributed by atoms with E-state index in [0.29, 0.717) is 0 Å². The van der Waals surface area contributed by atoms with Gasteiger partial charge in [-0.25, -0.2) is 14.8 Å². The van der Waals surface area contributed by atoms with Gasteiger partial charge < -0.3 is 4.74 Å². The molecule has 1 fully saturated rings. The molecule has 2 rings (SSSR count). The molecule has 0 spiro atoms. The molecular weight excluding hydrogens is 258 g/mol. The van der Waals surface area contributed by atoms with Crippen molar-refractivity contribution in [3.63, 3.8) is 0 Å². The van der Waals surface area contributed by atoms with Gasteiger partial charge in [-0.1, -0.05) is 11.6 Å². The molecule has 0 atom stereocenters. The second-order valence-corrected chi connectivity index (χ2v) is 4.98. The van der Waals surface area contributed by atoms with Crippen molar-refractivity contribution in [1.29, 1.82) is 0 Å². The fraction of sp³-hybridized carbons (Fsp3) is 0.455. The molecule has 0 unspecified atom stereocenters. The van der Waals surface area contributed by atoms with Crippen molar-refractivity contribution in [3.8, 4) is 0 Å². The van der Waals surface area contributed by atoms with Gasteiger partial charge in [0.05, 0.1) is 11.7 Å². The van der Waals surface area contributed by atoms with Crippen LogP contribution in [0.25, 0.3) is 0 Å². The molecular formula is C11H12ClN3O3. The molecule has 2 heterocycles. The van der Waals surface area contributed by atoms with Crippen LogP contribution >= 0.6 is 11.6 Å². The number of carbonyl (C=O) groups is 2. The Morgan fingerprint density at radius 3 is 2.67 bits per heavy atom. The van der Waals surface area contributed by atoms with Crippen LogP contribution in [0.4, 0.5) is 10.6 Å². The third-order valence-corrected chi connectivity index (χ3v) is 2.88. The van der Waals surface area contributed by atoms with E-state index in [9.17, 15) is 9.59 Å². The van der Waals surface area contributed by atoms with Crippen LogP contribution in [0.3, 0.4) is 0 Å². The minimum atomic E-state index is -0.521. The molecule has 7 heteroatoms. The highest BCUT2D eigenvalue weighted by atomic mass is 35.5. The number of hydrogen-bond donors (Lipinski definition) is 0. The number of Topliss-reactive ketones (excluding diaryl/α,β-unsaturated/α-hetero) is 1. The zero-order valence-electron chi connectivity index (χ0n) is 10.2. The lowest BCUT2D eigenvalue weighted by Gasteiger charge is -2.26. The Kier molecular flexibility index (Phi) is 2.98. The van der Waals surface area contributed by atoms with Crippen molar-refractivity contribution in [2.45, 2.75) is 26.3 Å². The van der Waals surface area contributed by atoms with Gasteiger partial charge in [0, 0.05) is 6.92 Å². The van der Waals surface area contributed by atoms with E-state index in [1.54, 1.807) is 0 Å². The predicted octanol–water partition coefficient (Wildman–Crippen LogP) is 2.07. The molecule has 1 aliphatic rings. The summed E-state index contributed by atoms with van der Waals surface area (Å²) in [6.45, 7) is 5.29. The van der Waals surface area contributed by atoms with Gasteiger partial charge in [-0.3, -0.25) is 9.69 Å². The van der Waals surface area contributed by atoms with Crippen LogP contribution in [0.5, 0.6) is 0 Å². The van der Waals surface area contributed by atoms with Crippen LogP contribution in [0.15, 0.2) is 6.20 Å². The number of cyclic esters (lactones) is 1. The summed E-state index contributed by atoms with van der Waals surface area (Å²) in [4.78, 5) is 32.2. The van der Waals surface area contributed by atoms with E-state index < -0.39 is 11.6 Å². The molecule has 0 saturated carbocycles. The number of ether oxygens (including phenoxy) is 1. The molecule has 96 valence electrons. The highest BCUT2D eigenvalue weighted by molar-refractivity contribution is 6.32. The van der Waals surface area contributed by atoms with Gasteiger partial charge in [-0.2, -0.15) is 0 Å². The van der Waals surface area contributed by atoms with E-state index in [-0.39, 0.29) is 29.1 Å². The standard InChI is InChI=1S/C11H12ClN3O3/c1-6(16)8-9(12)14-7(4-13-8)15-10(17)18-5-11(15,2)3/h4H,5H2,1-3H3. The summed E-state index contributed by atoms with van der Waals surface area (Å²) in [5.74, 6) is -0.000177. The number of ketones is 1. The maximum Gasteiger partial charge on any atom is 0.416 e. The molecule has 0 radical (unpaired) electrons. The first-order valence-corrected chi connectivity index (χ1v) is 5.71. The number of halogens is 1. The molecule has 1 aliphatic heterocycles. The Morgan fingerprint density at radius 1 is 1.56 bits per heavy atom. The van der Waals surface area contributed by atoms with Crippen molar-refractivity contribution in [2.75, 3.05) is 11.5 Å². The molecule has 1 amide bonds. The van der Waals surface area contributed by atoms with Crippen LogP contribution in [-0.4, -0.2) is 34.0 Å². The highest BCUT2D eigenvalue weighted by Gasteiger charge is 2.42. The number of nitrogens with zero attached hydrogens (tertiary/aromatic N) is 3. The van der Waals surface area contributed by atoms with Crippen molar-refractivity contribution < 1.29 is 14.3 Å². The molecule has 1 saturated heterocycles. The van der Waals surface area contributed by atoms with Crippen LogP contribution < -0.4 is 4.90 Å². The van der Waals surface area contributed by atoms with E-state index in [2.05, 4.69) is 9.97 Å². The zero-order valence-corrected chi connectivity index (χ0v) is 11.0. The van der Waals surface area contributed by atoms with E-state index >= 15 is 0 Å². The molecule has 1 aromatic heterocycles. The lowest BCUT2D eigenvalue weighted by Crippen LogP contribution is -2.42. The van der Waals surface area contributed by atoms with Crippen molar-refractivity contribution in [3.05, 3.63) is 17.0 Å².